The molecule has 0 saturated carbocycles. The van der Waals surface area contributed by atoms with Crippen LogP contribution in [0.15, 0.2) is 18.3 Å². The number of nitrogens with zero attached hydrogens (tertiary/aromatic N) is 2. The molecule has 1 fully saturated rings. The minimum atomic E-state index is -4.74. The van der Waals surface area contributed by atoms with E-state index in [9.17, 15) is 18.0 Å². The van der Waals surface area contributed by atoms with Gasteiger partial charge in [0, 0.05) is 19.1 Å². The van der Waals surface area contributed by atoms with Gasteiger partial charge in [0.1, 0.15) is 17.2 Å². The van der Waals surface area contributed by atoms with E-state index >= 15 is 0 Å². The Bertz CT molecular complexity index is 614. The highest BCUT2D eigenvalue weighted by atomic mass is 19.4. The number of carbonyl (C=O) groups is 1. The molecule has 146 valence electrons. The summed E-state index contributed by atoms with van der Waals surface area (Å²) in [6.45, 7) is 8.52. The summed E-state index contributed by atoms with van der Waals surface area (Å²) in [7, 11) is 0. The summed E-state index contributed by atoms with van der Waals surface area (Å²) in [4.78, 5) is 17.8. The van der Waals surface area contributed by atoms with Gasteiger partial charge >= 0.3 is 12.5 Å². The lowest BCUT2D eigenvalue weighted by atomic mass is 9.94. The van der Waals surface area contributed by atoms with Gasteiger partial charge in [0.25, 0.3) is 0 Å². The third kappa shape index (κ3) is 6.27. The molecule has 2 heterocycles. The standard InChI is InChI=1S/C17H24F3N3O3/c1-11-10-23(15(24)26-16(2,3)4)8-7-13(11)22-14-6-5-12(9-21-14)25-17(18,19)20/h5-6,9,11,13H,7-8,10H2,1-4H3,(H,21,22)/t11-,13+/m0/s1. The molecule has 1 aliphatic rings. The van der Waals surface area contributed by atoms with E-state index in [0.717, 1.165) is 6.20 Å². The molecule has 0 aliphatic carbocycles. The molecule has 9 heteroatoms. The summed E-state index contributed by atoms with van der Waals surface area (Å²) in [5.41, 5.74) is -0.542. The van der Waals surface area contributed by atoms with Crippen molar-refractivity contribution in [2.24, 2.45) is 5.92 Å². The molecule has 0 unspecified atom stereocenters. The van der Waals surface area contributed by atoms with Gasteiger partial charge in [-0.05, 0) is 45.2 Å². The molecule has 2 atom stereocenters. The fourth-order valence-corrected chi connectivity index (χ4v) is 2.70. The van der Waals surface area contributed by atoms with E-state index < -0.39 is 12.0 Å². The molecule has 0 spiro atoms. The largest absolute Gasteiger partial charge is 0.573 e. The summed E-state index contributed by atoms with van der Waals surface area (Å²) in [5.74, 6) is 0.224. The normalized spacial score (nSPS) is 21.3. The lowest BCUT2D eigenvalue weighted by molar-refractivity contribution is -0.274. The van der Waals surface area contributed by atoms with Crippen LogP contribution in [0.4, 0.5) is 23.8 Å². The molecule has 1 aromatic heterocycles. The van der Waals surface area contributed by atoms with E-state index in [1.807, 2.05) is 27.7 Å². The summed E-state index contributed by atoms with van der Waals surface area (Å²) in [6.07, 6.45) is -3.37. The van der Waals surface area contributed by atoms with Crippen LogP contribution in [-0.2, 0) is 4.74 Å². The number of amides is 1. The topological polar surface area (TPSA) is 63.7 Å². The first kappa shape index (κ1) is 20.1. The number of carbonyl (C=O) groups excluding carboxylic acids is 1. The molecule has 2 rings (SSSR count). The average molecular weight is 375 g/mol. The van der Waals surface area contributed by atoms with Crippen molar-refractivity contribution in [1.29, 1.82) is 0 Å². The van der Waals surface area contributed by atoms with Crippen molar-refractivity contribution in [3.8, 4) is 5.75 Å². The van der Waals surface area contributed by atoms with Crippen molar-refractivity contribution in [3.05, 3.63) is 18.3 Å². The lowest BCUT2D eigenvalue weighted by Crippen LogP contribution is -2.49. The number of hydrogen-bond acceptors (Lipinski definition) is 5. The Labute approximate surface area is 150 Å². The highest BCUT2D eigenvalue weighted by Crippen LogP contribution is 2.25. The van der Waals surface area contributed by atoms with E-state index in [1.165, 1.54) is 12.1 Å². The molecule has 26 heavy (non-hydrogen) atoms. The Kier molecular flexibility index (Phi) is 5.87. The van der Waals surface area contributed by atoms with Gasteiger partial charge in [0.15, 0.2) is 0 Å². The molecule has 1 amide bonds. The number of piperidine rings is 1. The molecule has 1 saturated heterocycles. The number of anilines is 1. The van der Waals surface area contributed by atoms with Gasteiger partial charge in [0.2, 0.25) is 0 Å². The average Bonchev–Trinajstić information content (AvgIpc) is 2.48. The third-order valence-corrected chi connectivity index (χ3v) is 3.86. The maximum Gasteiger partial charge on any atom is 0.573 e. The van der Waals surface area contributed by atoms with Crippen molar-refractivity contribution < 1.29 is 27.4 Å². The van der Waals surface area contributed by atoms with Crippen molar-refractivity contribution in [3.63, 3.8) is 0 Å². The zero-order chi connectivity index (χ0) is 19.5. The minimum absolute atomic E-state index is 0.0515. The maximum absolute atomic E-state index is 12.2. The molecular formula is C17H24F3N3O3. The number of hydrogen-bond donors (Lipinski definition) is 1. The predicted molar refractivity (Wildman–Crippen MR) is 89.9 cm³/mol. The second-order valence-corrected chi connectivity index (χ2v) is 7.37. The van der Waals surface area contributed by atoms with Crippen LogP contribution < -0.4 is 10.1 Å². The Balaban J connectivity index is 1.89. The fraction of sp³-hybridized carbons (Fsp3) is 0.647. The predicted octanol–water partition coefficient (Wildman–Crippen LogP) is 4.04. The summed E-state index contributed by atoms with van der Waals surface area (Å²) in [6, 6.07) is 2.70. The molecule has 1 aliphatic heterocycles. The van der Waals surface area contributed by atoms with Crippen LogP contribution in [0.3, 0.4) is 0 Å². The van der Waals surface area contributed by atoms with Crippen LogP contribution in [0.1, 0.15) is 34.1 Å². The molecular weight excluding hydrogens is 351 g/mol. The fourth-order valence-electron chi connectivity index (χ4n) is 2.70. The van der Waals surface area contributed by atoms with Gasteiger partial charge < -0.3 is 19.7 Å². The van der Waals surface area contributed by atoms with E-state index in [1.54, 1.807) is 4.90 Å². The highest BCUT2D eigenvalue weighted by molar-refractivity contribution is 5.68. The van der Waals surface area contributed by atoms with Crippen molar-refractivity contribution in [2.45, 2.75) is 52.1 Å². The quantitative estimate of drug-likeness (QED) is 0.864. The Morgan fingerprint density at radius 3 is 2.50 bits per heavy atom. The van der Waals surface area contributed by atoms with Gasteiger partial charge in [-0.1, -0.05) is 6.92 Å². The number of ether oxygens (including phenoxy) is 2. The second kappa shape index (κ2) is 7.59. The molecule has 0 radical (unpaired) electrons. The summed E-state index contributed by atoms with van der Waals surface area (Å²) < 4.78 is 45.7. The van der Waals surface area contributed by atoms with Crippen LogP contribution in [0.5, 0.6) is 5.75 Å². The van der Waals surface area contributed by atoms with Gasteiger partial charge in [-0.15, -0.1) is 13.2 Å². The molecule has 0 bridgehead atoms. The lowest BCUT2D eigenvalue weighted by Gasteiger charge is -2.38. The third-order valence-electron chi connectivity index (χ3n) is 3.86. The molecule has 0 aromatic carbocycles. The van der Waals surface area contributed by atoms with Crippen molar-refractivity contribution >= 4 is 11.9 Å². The van der Waals surface area contributed by atoms with Gasteiger partial charge in [-0.3, -0.25) is 0 Å². The van der Waals surface area contributed by atoms with Gasteiger partial charge in [-0.2, -0.15) is 0 Å². The van der Waals surface area contributed by atoms with Crippen LogP contribution >= 0.6 is 0 Å². The van der Waals surface area contributed by atoms with Crippen LogP contribution in [0, 0.1) is 5.92 Å². The van der Waals surface area contributed by atoms with Crippen LogP contribution in [-0.4, -0.2) is 47.1 Å². The SMILES string of the molecule is C[C@H]1CN(C(=O)OC(C)(C)C)CC[C@H]1Nc1ccc(OC(F)(F)F)cn1. The van der Waals surface area contributed by atoms with Gasteiger partial charge in [0.05, 0.1) is 6.20 Å². The van der Waals surface area contributed by atoms with Crippen molar-refractivity contribution in [1.82, 2.24) is 9.88 Å². The Morgan fingerprint density at radius 2 is 2.00 bits per heavy atom. The highest BCUT2D eigenvalue weighted by Gasteiger charge is 2.32. The minimum Gasteiger partial charge on any atom is -0.444 e. The number of nitrogens with one attached hydrogen (secondary N) is 1. The van der Waals surface area contributed by atoms with E-state index in [0.29, 0.717) is 25.3 Å². The summed E-state index contributed by atoms with van der Waals surface area (Å²) >= 11 is 0. The van der Waals surface area contributed by atoms with Crippen LogP contribution in [0.25, 0.3) is 0 Å². The number of aromatic nitrogens is 1. The molecule has 1 N–H and O–H groups in total. The van der Waals surface area contributed by atoms with Crippen LogP contribution in [0.2, 0.25) is 0 Å². The second-order valence-electron chi connectivity index (χ2n) is 7.37. The maximum atomic E-state index is 12.2. The molecule has 6 nitrogen and oxygen atoms in total. The molecule has 1 aromatic rings. The summed E-state index contributed by atoms with van der Waals surface area (Å²) in [5, 5.41) is 3.20. The number of rotatable bonds is 3. The first-order valence-corrected chi connectivity index (χ1v) is 8.39. The number of likely N-dealkylation sites (tertiary alicyclic amines) is 1. The number of halogens is 3. The first-order valence-electron chi connectivity index (χ1n) is 8.39. The van der Waals surface area contributed by atoms with Gasteiger partial charge in [-0.25, -0.2) is 9.78 Å². The van der Waals surface area contributed by atoms with Crippen molar-refractivity contribution in [2.75, 3.05) is 18.4 Å². The smallest absolute Gasteiger partial charge is 0.444 e. The Morgan fingerprint density at radius 1 is 1.31 bits per heavy atom. The monoisotopic (exact) mass is 375 g/mol. The number of pyridine rings is 1. The first-order chi connectivity index (χ1) is 11.9. The van der Waals surface area contributed by atoms with E-state index in [-0.39, 0.29) is 23.8 Å². The van der Waals surface area contributed by atoms with E-state index in [4.69, 9.17) is 4.74 Å². The Hall–Kier alpha value is -2.19. The number of alkyl halides is 3. The zero-order valence-corrected chi connectivity index (χ0v) is 15.3. The van der Waals surface area contributed by atoms with E-state index in [2.05, 4.69) is 15.0 Å². The zero-order valence-electron chi connectivity index (χ0n) is 15.3.